The summed E-state index contributed by atoms with van der Waals surface area (Å²) in [5.41, 5.74) is 6.70. The Labute approximate surface area is 88.3 Å². The van der Waals surface area contributed by atoms with E-state index in [9.17, 15) is 0 Å². The second-order valence-corrected chi connectivity index (χ2v) is 3.82. The van der Waals surface area contributed by atoms with Crippen molar-refractivity contribution in [2.24, 2.45) is 5.73 Å². The van der Waals surface area contributed by atoms with E-state index in [0.717, 1.165) is 17.9 Å². The van der Waals surface area contributed by atoms with Crippen molar-refractivity contribution in [1.29, 1.82) is 0 Å². The molecule has 78 valence electrons. The third-order valence-electron chi connectivity index (χ3n) is 1.87. The van der Waals surface area contributed by atoms with E-state index in [1.807, 2.05) is 0 Å². The highest BCUT2D eigenvalue weighted by Crippen LogP contribution is 2.21. The summed E-state index contributed by atoms with van der Waals surface area (Å²) in [7, 11) is 1.58. The van der Waals surface area contributed by atoms with Gasteiger partial charge in [-0.05, 0) is 18.4 Å². The lowest BCUT2D eigenvalue weighted by Gasteiger charge is -2.12. The molecule has 4 nitrogen and oxygen atoms in total. The van der Waals surface area contributed by atoms with Gasteiger partial charge in [-0.1, -0.05) is 0 Å². The number of methoxy groups -OCH3 is 1. The van der Waals surface area contributed by atoms with E-state index in [4.69, 9.17) is 10.5 Å². The predicted octanol–water partition coefficient (Wildman–Crippen LogP) is 1.24. The highest BCUT2D eigenvalue weighted by atomic mass is 32.2. The smallest absolute Gasteiger partial charge is 0.236 e. The Morgan fingerprint density at radius 2 is 2.21 bits per heavy atom. The standard InChI is InChI=1S/C9H15N3OS/c1-13-9-8(11-4-5-12-9)7(10)3-6-14-2/h4-5,7H,3,6,10H2,1-2H3. The molecule has 0 fully saturated rings. The van der Waals surface area contributed by atoms with Gasteiger partial charge in [-0.2, -0.15) is 11.8 Å². The van der Waals surface area contributed by atoms with Crippen LogP contribution in [-0.4, -0.2) is 29.1 Å². The molecule has 2 N–H and O–H groups in total. The van der Waals surface area contributed by atoms with E-state index in [1.165, 1.54) is 0 Å². The number of nitrogens with two attached hydrogens (primary N) is 1. The lowest BCUT2D eigenvalue weighted by molar-refractivity contribution is 0.384. The lowest BCUT2D eigenvalue weighted by Crippen LogP contribution is -2.14. The molecule has 0 aliphatic heterocycles. The molecule has 1 aromatic heterocycles. The van der Waals surface area contributed by atoms with Crippen molar-refractivity contribution in [1.82, 2.24) is 9.97 Å². The molecule has 1 heterocycles. The van der Waals surface area contributed by atoms with Gasteiger partial charge < -0.3 is 10.5 Å². The van der Waals surface area contributed by atoms with Crippen molar-refractivity contribution in [3.63, 3.8) is 0 Å². The van der Waals surface area contributed by atoms with E-state index in [0.29, 0.717) is 5.88 Å². The van der Waals surface area contributed by atoms with Gasteiger partial charge in [-0.15, -0.1) is 0 Å². The summed E-state index contributed by atoms with van der Waals surface area (Å²) in [5, 5.41) is 0. The summed E-state index contributed by atoms with van der Waals surface area (Å²) >= 11 is 1.77. The van der Waals surface area contributed by atoms with Crippen LogP contribution in [0.25, 0.3) is 0 Å². The van der Waals surface area contributed by atoms with Gasteiger partial charge in [0, 0.05) is 12.4 Å². The molecule has 0 radical (unpaired) electrons. The molecule has 0 saturated carbocycles. The molecular formula is C9H15N3OS. The van der Waals surface area contributed by atoms with E-state index in [1.54, 1.807) is 31.3 Å². The monoisotopic (exact) mass is 213 g/mol. The first-order valence-electron chi connectivity index (χ1n) is 4.39. The highest BCUT2D eigenvalue weighted by Gasteiger charge is 2.13. The molecule has 5 heteroatoms. The Balaban J connectivity index is 2.72. The fourth-order valence-electron chi connectivity index (χ4n) is 1.13. The summed E-state index contributed by atoms with van der Waals surface area (Å²) in [4.78, 5) is 8.24. The largest absolute Gasteiger partial charge is 0.480 e. The number of nitrogens with zero attached hydrogens (tertiary/aromatic N) is 2. The molecular weight excluding hydrogens is 198 g/mol. The summed E-state index contributed by atoms with van der Waals surface area (Å²) in [5.74, 6) is 1.54. The number of rotatable bonds is 5. The quantitative estimate of drug-likeness (QED) is 0.797. The fourth-order valence-corrected chi connectivity index (χ4v) is 1.62. The zero-order valence-electron chi connectivity index (χ0n) is 8.43. The van der Waals surface area contributed by atoms with Crippen molar-refractivity contribution in [2.75, 3.05) is 19.1 Å². The summed E-state index contributed by atoms with van der Waals surface area (Å²) in [6, 6.07) is -0.0916. The Morgan fingerprint density at radius 3 is 2.86 bits per heavy atom. The average Bonchev–Trinajstić information content (AvgIpc) is 2.25. The Morgan fingerprint density at radius 1 is 1.50 bits per heavy atom. The number of hydrogen-bond acceptors (Lipinski definition) is 5. The van der Waals surface area contributed by atoms with E-state index >= 15 is 0 Å². The second-order valence-electron chi connectivity index (χ2n) is 2.84. The maximum atomic E-state index is 5.96. The molecule has 0 aliphatic rings. The van der Waals surface area contributed by atoms with Crippen LogP contribution in [0.4, 0.5) is 0 Å². The third kappa shape index (κ3) is 2.85. The average molecular weight is 213 g/mol. The number of aromatic nitrogens is 2. The maximum Gasteiger partial charge on any atom is 0.236 e. The third-order valence-corrected chi connectivity index (χ3v) is 2.51. The van der Waals surface area contributed by atoms with Gasteiger partial charge in [0.1, 0.15) is 5.69 Å². The summed E-state index contributed by atoms with van der Waals surface area (Å²) < 4.78 is 5.09. The van der Waals surface area contributed by atoms with Crippen molar-refractivity contribution in [3.8, 4) is 5.88 Å². The summed E-state index contributed by atoms with van der Waals surface area (Å²) in [6.45, 7) is 0. The molecule has 1 unspecified atom stereocenters. The number of hydrogen-bond donors (Lipinski definition) is 1. The second kappa shape index (κ2) is 5.82. The minimum atomic E-state index is -0.0916. The van der Waals surface area contributed by atoms with Crippen molar-refractivity contribution in [3.05, 3.63) is 18.1 Å². The van der Waals surface area contributed by atoms with Gasteiger partial charge in [0.2, 0.25) is 5.88 Å². The lowest BCUT2D eigenvalue weighted by atomic mass is 10.2. The van der Waals surface area contributed by atoms with E-state index in [-0.39, 0.29) is 6.04 Å². The summed E-state index contributed by atoms with van der Waals surface area (Å²) in [6.07, 6.45) is 6.18. The first kappa shape index (κ1) is 11.3. The fraction of sp³-hybridized carbons (Fsp3) is 0.556. The van der Waals surface area contributed by atoms with Crippen LogP contribution in [0.3, 0.4) is 0 Å². The van der Waals surface area contributed by atoms with Crippen LogP contribution in [0.1, 0.15) is 18.2 Å². The molecule has 0 amide bonds. The highest BCUT2D eigenvalue weighted by molar-refractivity contribution is 7.98. The van der Waals surface area contributed by atoms with Crippen LogP contribution >= 0.6 is 11.8 Å². The van der Waals surface area contributed by atoms with Crippen molar-refractivity contribution in [2.45, 2.75) is 12.5 Å². The molecule has 0 aromatic carbocycles. The van der Waals surface area contributed by atoms with Crippen LogP contribution in [0.15, 0.2) is 12.4 Å². The first-order valence-corrected chi connectivity index (χ1v) is 5.78. The van der Waals surface area contributed by atoms with E-state index in [2.05, 4.69) is 16.2 Å². The Hall–Kier alpha value is -0.810. The molecule has 0 bridgehead atoms. The normalized spacial score (nSPS) is 12.5. The number of ether oxygens (including phenoxy) is 1. The zero-order chi connectivity index (χ0) is 10.4. The van der Waals surface area contributed by atoms with Crippen LogP contribution < -0.4 is 10.5 Å². The predicted molar refractivity (Wildman–Crippen MR) is 58.5 cm³/mol. The van der Waals surface area contributed by atoms with Crippen LogP contribution in [0.5, 0.6) is 5.88 Å². The maximum absolute atomic E-state index is 5.96. The van der Waals surface area contributed by atoms with Gasteiger partial charge in [-0.3, -0.25) is 4.98 Å². The molecule has 1 rings (SSSR count). The van der Waals surface area contributed by atoms with Gasteiger partial charge in [0.25, 0.3) is 0 Å². The topological polar surface area (TPSA) is 61.0 Å². The van der Waals surface area contributed by atoms with Gasteiger partial charge in [-0.25, -0.2) is 4.98 Å². The molecule has 0 spiro atoms. The molecule has 1 aromatic rings. The van der Waals surface area contributed by atoms with Crippen molar-refractivity contribution < 1.29 is 4.74 Å². The SMILES string of the molecule is COc1nccnc1C(N)CCSC. The minimum Gasteiger partial charge on any atom is -0.480 e. The van der Waals surface area contributed by atoms with Crippen molar-refractivity contribution >= 4 is 11.8 Å². The van der Waals surface area contributed by atoms with Gasteiger partial charge in [0.05, 0.1) is 13.2 Å². The zero-order valence-corrected chi connectivity index (χ0v) is 9.25. The number of thioether (sulfide) groups is 1. The Bertz CT molecular complexity index is 283. The van der Waals surface area contributed by atoms with E-state index < -0.39 is 0 Å². The van der Waals surface area contributed by atoms with Gasteiger partial charge >= 0.3 is 0 Å². The van der Waals surface area contributed by atoms with Gasteiger partial charge in [0.15, 0.2) is 0 Å². The minimum absolute atomic E-state index is 0.0916. The molecule has 1 atom stereocenters. The van der Waals surface area contributed by atoms with Crippen LogP contribution in [0.2, 0.25) is 0 Å². The first-order chi connectivity index (χ1) is 6.79. The van der Waals surface area contributed by atoms with Crippen LogP contribution in [-0.2, 0) is 0 Å². The molecule has 14 heavy (non-hydrogen) atoms. The van der Waals surface area contributed by atoms with Crippen LogP contribution in [0, 0.1) is 0 Å². The Kier molecular flexibility index (Phi) is 4.69. The molecule has 0 saturated heterocycles. The molecule has 0 aliphatic carbocycles.